The van der Waals surface area contributed by atoms with E-state index in [0.717, 1.165) is 6.08 Å². The van der Waals surface area contributed by atoms with Crippen molar-refractivity contribution in [3.8, 4) is 0 Å². The first-order chi connectivity index (χ1) is 8.04. The molecule has 0 aliphatic heterocycles. The Kier molecular flexibility index (Phi) is 4.36. The van der Waals surface area contributed by atoms with Gasteiger partial charge in [0.15, 0.2) is 0 Å². The molecule has 0 fully saturated rings. The summed E-state index contributed by atoms with van der Waals surface area (Å²) in [4.78, 5) is 20.7. The Labute approximate surface area is 97.3 Å². The molecular weight excluding hydrogens is 226 g/mol. The van der Waals surface area contributed by atoms with Gasteiger partial charge in [0.2, 0.25) is 0 Å². The number of methoxy groups -OCH3 is 1. The van der Waals surface area contributed by atoms with Gasteiger partial charge in [-0.05, 0) is 23.8 Å². The molecule has 90 valence electrons. The summed E-state index contributed by atoms with van der Waals surface area (Å²) in [6, 6.07) is 5.41. The van der Waals surface area contributed by atoms with Crippen molar-refractivity contribution in [1.82, 2.24) is 0 Å². The van der Waals surface area contributed by atoms with Gasteiger partial charge in [0.1, 0.15) is 0 Å². The molecule has 1 aromatic carbocycles. The van der Waals surface area contributed by atoms with Crippen molar-refractivity contribution in [2.45, 2.75) is 6.10 Å². The zero-order valence-corrected chi connectivity index (χ0v) is 9.07. The summed E-state index contributed by atoms with van der Waals surface area (Å²) in [6.07, 6.45) is 1.33. The lowest BCUT2D eigenvalue weighted by Crippen LogP contribution is -1.98. The number of hydrogen-bond acceptors (Lipinski definition) is 5. The van der Waals surface area contributed by atoms with Crippen molar-refractivity contribution in [3.05, 3.63) is 52.1 Å². The second-order valence-electron chi connectivity index (χ2n) is 3.18. The van der Waals surface area contributed by atoms with Gasteiger partial charge in [-0.15, -0.1) is 0 Å². The van der Waals surface area contributed by atoms with Crippen molar-refractivity contribution in [2.24, 2.45) is 0 Å². The number of nitro benzene ring substituents is 1. The lowest BCUT2D eigenvalue weighted by molar-refractivity contribution is -0.384. The SMILES string of the molecule is COC(=O)C=C[C@@H](O)c1ccc([N+](=O)[O-])cc1. The Morgan fingerprint density at radius 1 is 1.47 bits per heavy atom. The van der Waals surface area contributed by atoms with Crippen LogP contribution in [-0.4, -0.2) is 23.1 Å². The molecule has 6 heteroatoms. The summed E-state index contributed by atoms with van der Waals surface area (Å²) in [5.41, 5.74) is 0.397. The molecule has 17 heavy (non-hydrogen) atoms. The van der Waals surface area contributed by atoms with Gasteiger partial charge in [0, 0.05) is 18.2 Å². The smallest absolute Gasteiger partial charge is 0.330 e. The second-order valence-corrected chi connectivity index (χ2v) is 3.18. The zero-order chi connectivity index (χ0) is 12.8. The van der Waals surface area contributed by atoms with Gasteiger partial charge in [-0.25, -0.2) is 4.79 Å². The van der Waals surface area contributed by atoms with Crippen LogP contribution in [0.5, 0.6) is 0 Å². The predicted octanol–water partition coefficient (Wildman–Crippen LogP) is 1.36. The molecular formula is C11H11NO5. The van der Waals surface area contributed by atoms with E-state index in [0.29, 0.717) is 5.56 Å². The maximum absolute atomic E-state index is 10.8. The highest BCUT2D eigenvalue weighted by atomic mass is 16.6. The van der Waals surface area contributed by atoms with Crippen LogP contribution in [0.1, 0.15) is 11.7 Å². The number of rotatable bonds is 4. The molecule has 0 unspecified atom stereocenters. The van der Waals surface area contributed by atoms with Crippen LogP contribution in [0.4, 0.5) is 5.69 Å². The third-order valence-corrected chi connectivity index (χ3v) is 2.06. The number of aliphatic hydroxyl groups is 1. The highest BCUT2D eigenvalue weighted by molar-refractivity contribution is 5.81. The first-order valence-electron chi connectivity index (χ1n) is 4.73. The fourth-order valence-corrected chi connectivity index (χ4v) is 1.14. The molecule has 0 heterocycles. The fourth-order valence-electron chi connectivity index (χ4n) is 1.14. The molecule has 0 saturated heterocycles. The number of benzene rings is 1. The number of ether oxygens (including phenoxy) is 1. The van der Waals surface area contributed by atoms with Crippen molar-refractivity contribution in [1.29, 1.82) is 0 Å². The lowest BCUT2D eigenvalue weighted by atomic mass is 10.1. The minimum Gasteiger partial charge on any atom is -0.466 e. The highest BCUT2D eigenvalue weighted by Crippen LogP contribution is 2.18. The quantitative estimate of drug-likeness (QED) is 0.369. The van der Waals surface area contributed by atoms with E-state index in [1.165, 1.54) is 37.5 Å². The van der Waals surface area contributed by atoms with Gasteiger partial charge in [0.25, 0.3) is 5.69 Å². The average Bonchev–Trinajstić information content (AvgIpc) is 2.35. The maximum Gasteiger partial charge on any atom is 0.330 e. The van der Waals surface area contributed by atoms with E-state index in [9.17, 15) is 20.0 Å². The summed E-state index contributed by atoms with van der Waals surface area (Å²) in [7, 11) is 1.23. The topological polar surface area (TPSA) is 89.7 Å². The van der Waals surface area contributed by atoms with Crippen molar-refractivity contribution >= 4 is 11.7 Å². The maximum atomic E-state index is 10.8. The van der Waals surface area contributed by atoms with Crippen LogP contribution < -0.4 is 0 Å². The molecule has 0 amide bonds. The number of non-ortho nitro benzene ring substituents is 1. The van der Waals surface area contributed by atoms with E-state index >= 15 is 0 Å². The van der Waals surface area contributed by atoms with Crippen LogP contribution >= 0.6 is 0 Å². The van der Waals surface area contributed by atoms with E-state index < -0.39 is 17.0 Å². The normalized spacial score (nSPS) is 12.4. The Balaban J connectivity index is 2.76. The minimum atomic E-state index is -1.00. The molecule has 1 atom stereocenters. The lowest BCUT2D eigenvalue weighted by Gasteiger charge is -2.04. The molecule has 0 radical (unpaired) electrons. The second kappa shape index (κ2) is 5.76. The molecule has 0 aliphatic rings. The number of hydrogen-bond donors (Lipinski definition) is 1. The Morgan fingerprint density at radius 3 is 2.53 bits per heavy atom. The van der Waals surface area contributed by atoms with Gasteiger partial charge in [-0.3, -0.25) is 10.1 Å². The predicted molar refractivity (Wildman–Crippen MR) is 59.2 cm³/mol. The van der Waals surface area contributed by atoms with E-state index in [1.54, 1.807) is 0 Å². The summed E-state index contributed by atoms with van der Waals surface area (Å²) >= 11 is 0. The van der Waals surface area contributed by atoms with Crippen LogP contribution in [0, 0.1) is 10.1 Å². The van der Waals surface area contributed by atoms with Crippen LogP contribution in [-0.2, 0) is 9.53 Å². The number of carbonyl (C=O) groups is 1. The van der Waals surface area contributed by atoms with E-state index in [4.69, 9.17) is 0 Å². The Bertz CT molecular complexity index is 438. The Hall–Kier alpha value is -2.21. The van der Waals surface area contributed by atoms with Gasteiger partial charge in [-0.1, -0.05) is 0 Å². The summed E-state index contributed by atoms with van der Waals surface area (Å²) in [6.45, 7) is 0. The molecule has 0 aliphatic carbocycles. The fraction of sp³-hybridized carbons (Fsp3) is 0.182. The van der Waals surface area contributed by atoms with Crippen molar-refractivity contribution in [2.75, 3.05) is 7.11 Å². The number of carbonyl (C=O) groups excluding carboxylic acids is 1. The van der Waals surface area contributed by atoms with Crippen LogP contribution in [0.3, 0.4) is 0 Å². The first kappa shape index (κ1) is 12.9. The van der Waals surface area contributed by atoms with Crippen LogP contribution in [0.25, 0.3) is 0 Å². The molecule has 1 N–H and O–H groups in total. The van der Waals surface area contributed by atoms with Gasteiger partial charge in [0.05, 0.1) is 18.1 Å². The first-order valence-corrected chi connectivity index (χ1v) is 4.73. The number of esters is 1. The largest absolute Gasteiger partial charge is 0.466 e. The summed E-state index contributed by atoms with van der Waals surface area (Å²) in [5, 5.41) is 20.0. The average molecular weight is 237 g/mol. The minimum absolute atomic E-state index is 0.0575. The molecule has 1 aromatic rings. The highest BCUT2D eigenvalue weighted by Gasteiger charge is 2.08. The molecule has 0 bridgehead atoms. The molecule has 0 spiro atoms. The van der Waals surface area contributed by atoms with Gasteiger partial charge in [-0.2, -0.15) is 0 Å². The standard InChI is InChI=1S/C11H11NO5/c1-17-11(14)7-6-10(13)8-2-4-9(5-3-8)12(15)16/h2-7,10,13H,1H3/t10-/m1/s1. The van der Waals surface area contributed by atoms with Gasteiger partial charge >= 0.3 is 5.97 Å². The van der Waals surface area contributed by atoms with Crippen LogP contribution in [0.15, 0.2) is 36.4 Å². The number of nitrogens with zero attached hydrogens (tertiary/aromatic N) is 1. The van der Waals surface area contributed by atoms with E-state index in [2.05, 4.69) is 4.74 Å². The monoisotopic (exact) mass is 237 g/mol. The third kappa shape index (κ3) is 3.69. The van der Waals surface area contributed by atoms with E-state index in [-0.39, 0.29) is 5.69 Å². The summed E-state index contributed by atoms with van der Waals surface area (Å²) < 4.78 is 4.36. The molecule has 1 rings (SSSR count). The van der Waals surface area contributed by atoms with Gasteiger partial charge < -0.3 is 9.84 Å². The third-order valence-electron chi connectivity index (χ3n) is 2.06. The molecule has 0 saturated carbocycles. The zero-order valence-electron chi connectivity index (χ0n) is 9.07. The summed E-state index contributed by atoms with van der Waals surface area (Å²) in [5.74, 6) is -0.578. The number of aliphatic hydroxyl groups excluding tert-OH is 1. The Morgan fingerprint density at radius 2 is 2.06 bits per heavy atom. The van der Waals surface area contributed by atoms with Crippen molar-refractivity contribution in [3.63, 3.8) is 0 Å². The number of nitro groups is 1. The molecule has 6 nitrogen and oxygen atoms in total. The van der Waals surface area contributed by atoms with Crippen LogP contribution in [0.2, 0.25) is 0 Å². The van der Waals surface area contributed by atoms with Crippen molar-refractivity contribution < 1.29 is 19.6 Å². The van der Waals surface area contributed by atoms with E-state index in [1.807, 2.05) is 0 Å². The molecule has 0 aromatic heterocycles.